The molecule has 214 valence electrons. The fourth-order valence-electron chi connectivity index (χ4n) is 4.03. The Hall–Kier alpha value is -2.49. The summed E-state index contributed by atoms with van der Waals surface area (Å²) in [5, 5.41) is 3.95. The zero-order chi connectivity index (χ0) is 29.4. The fraction of sp³-hybridized carbons (Fsp3) is 0.286. The topological polar surface area (TPSA) is 86.8 Å². The minimum Gasteiger partial charge on any atom is -0.354 e. The van der Waals surface area contributed by atoms with Gasteiger partial charge in [0.05, 0.1) is 17.0 Å². The Bertz CT molecular complexity index is 1460. The molecule has 0 aromatic heterocycles. The van der Waals surface area contributed by atoms with Crippen molar-refractivity contribution in [3.63, 3.8) is 0 Å². The number of rotatable bonds is 12. The Labute approximate surface area is 255 Å². The summed E-state index contributed by atoms with van der Waals surface area (Å²) in [4.78, 5) is 28.9. The molecule has 40 heavy (non-hydrogen) atoms. The van der Waals surface area contributed by atoms with Crippen molar-refractivity contribution in [1.82, 2.24) is 10.2 Å². The van der Waals surface area contributed by atoms with E-state index in [4.69, 9.17) is 46.4 Å². The van der Waals surface area contributed by atoms with E-state index in [1.54, 1.807) is 18.2 Å². The highest BCUT2D eigenvalue weighted by Crippen LogP contribution is 2.31. The number of nitrogens with zero attached hydrogens (tertiary/aromatic N) is 2. The molecule has 3 aromatic rings. The average molecular weight is 645 g/mol. The third-order valence-corrected chi connectivity index (χ3v) is 8.28. The SMILES string of the molecule is CCCNC(=O)C(Cc1ccccc1)N(Cc1ccc(Cl)cc1Cl)C(=O)CN(c1ccc(Cl)cc1Cl)S(C)(=O)=O. The highest BCUT2D eigenvalue weighted by molar-refractivity contribution is 7.92. The first-order valence-corrected chi connectivity index (χ1v) is 15.7. The Morgan fingerprint density at radius 2 is 1.52 bits per heavy atom. The van der Waals surface area contributed by atoms with E-state index in [0.717, 1.165) is 16.1 Å². The Morgan fingerprint density at radius 3 is 2.10 bits per heavy atom. The van der Waals surface area contributed by atoms with Crippen molar-refractivity contribution < 1.29 is 18.0 Å². The van der Waals surface area contributed by atoms with Gasteiger partial charge in [0.1, 0.15) is 12.6 Å². The summed E-state index contributed by atoms with van der Waals surface area (Å²) >= 11 is 24.9. The summed E-state index contributed by atoms with van der Waals surface area (Å²) in [5.41, 5.74) is 1.44. The second-order valence-corrected chi connectivity index (χ2v) is 12.7. The standard InChI is InChI=1S/C28H29Cl4N3O4S/c1-3-13-33-28(37)26(14-19-7-5-4-6-8-19)34(17-20-9-10-21(29)15-23(20)31)27(36)18-35(40(2,38)39)25-12-11-22(30)16-24(25)32/h4-12,15-16,26H,3,13-14,17-18H2,1-2H3,(H,33,37). The van der Waals surface area contributed by atoms with Gasteiger partial charge in [-0.3, -0.25) is 13.9 Å². The van der Waals surface area contributed by atoms with E-state index in [2.05, 4.69) is 5.32 Å². The van der Waals surface area contributed by atoms with Crippen molar-refractivity contribution >= 4 is 73.9 Å². The van der Waals surface area contributed by atoms with Crippen molar-refractivity contribution in [2.45, 2.75) is 32.4 Å². The summed E-state index contributed by atoms with van der Waals surface area (Å²) in [5.74, 6) is -1.00. The van der Waals surface area contributed by atoms with E-state index in [1.165, 1.54) is 23.1 Å². The first kappa shape index (κ1) is 32.0. The monoisotopic (exact) mass is 643 g/mol. The first-order chi connectivity index (χ1) is 18.9. The van der Waals surface area contributed by atoms with Crippen LogP contribution in [-0.4, -0.2) is 50.5 Å². The molecule has 0 bridgehead atoms. The van der Waals surface area contributed by atoms with E-state index in [1.807, 2.05) is 37.3 Å². The number of hydrogen-bond acceptors (Lipinski definition) is 4. The molecule has 0 fully saturated rings. The molecule has 0 aliphatic rings. The van der Waals surface area contributed by atoms with Gasteiger partial charge in [-0.1, -0.05) is 89.7 Å². The molecule has 1 unspecified atom stereocenters. The number of amides is 2. The Morgan fingerprint density at radius 1 is 0.900 bits per heavy atom. The van der Waals surface area contributed by atoms with Gasteiger partial charge in [-0.05, 0) is 47.9 Å². The summed E-state index contributed by atoms with van der Waals surface area (Å²) in [7, 11) is -3.97. The highest BCUT2D eigenvalue weighted by Gasteiger charge is 2.33. The van der Waals surface area contributed by atoms with E-state index in [9.17, 15) is 18.0 Å². The van der Waals surface area contributed by atoms with Crippen molar-refractivity contribution in [3.05, 3.63) is 97.9 Å². The molecule has 0 heterocycles. The first-order valence-electron chi connectivity index (χ1n) is 12.4. The second kappa shape index (κ2) is 14.4. The van der Waals surface area contributed by atoms with Gasteiger partial charge >= 0.3 is 0 Å². The largest absolute Gasteiger partial charge is 0.354 e. The van der Waals surface area contributed by atoms with Crippen molar-refractivity contribution in [2.24, 2.45) is 0 Å². The molecule has 0 saturated carbocycles. The predicted octanol–water partition coefficient (Wildman–Crippen LogP) is 6.23. The molecule has 3 rings (SSSR count). The van der Waals surface area contributed by atoms with Crippen LogP contribution in [-0.2, 0) is 32.6 Å². The fourth-order valence-corrected chi connectivity index (χ4v) is 5.92. The van der Waals surface area contributed by atoms with E-state index < -0.39 is 28.5 Å². The summed E-state index contributed by atoms with van der Waals surface area (Å²) < 4.78 is 26.6. The Kier molecular flexibility index (Phi) is 11.5. The molecule has 7 nitrogen and oxygen atoms in total. The van der Waals surface area contributed by atoms with Crippen LogP contribution in [0.3, 0.4) is 0 Å². The van der Waals surface area contributed by atoms with Gasteiger partial charge in [-0.25, -0.2) is 8.42 Å². The zero-order valence-corrected chi connectivity index (χ0v) is 25.8. The lowest BCUT2D eigenvalue weighted by atomic mass is 10.0. The number of benzene rings is 3. The third-order valence-electron chi connectivity index (χ3n) is 6.03. The molecule has 0 aliphatic heterocycles. The van der Waals surface area contributed by atoms with Gasteiger partial charge < -0.3 is 10.2 Å². The van der Waals surface area contributed by atoms with Gasteiger partial charge in [-0.2, -0.15) is 0 Å². The molecule has 0 spiro atoms. The molecule has 0 saturated heterocycles. The lowest BCUT2D eigenvalue weighted by Gasteiger charge is -2.34. The zero-order valence-electron chi connectivity index (χ0n) is 21.9. The van der Waals surface area contributed by atoms with Gasteiger partial charge in [-0.15, -0.1) is 0 Å². The lowest BCUT2D eigenvalue weighted by molar-refractivity contribution is -0.140. The maximum Gasteiger partial charge on any atom is 0.244 e. The molecule has 12 heteroatoms. The number of sulfonamides is 1. The maximum absolute atomic E-state index is 14.0. The summed E-state index contributed by atoms with van der Waals surface area (Å²) in [6.45, 7) is 1.64. The van der Waals surface area contributed by atoms with Gasteiger partial charge in [0.2, 0.25) is 21.8 Å². The number of halogens is 4. The molecule has 2 amide bonds. The minimum absolute atomic E-state index is 0.0551. The molecular weight excluding hydrogens is 616 g/mol. The summed E-state index contributed by atoms with van der Waals surface area (Å²) in [6.07, 6.45) is 1.85. The maximum atomic E-state index is 14.0. The van der Waals surface area contributed by atoms with Crippen LogP contribution in [0.15, 0.2) is 66.7 Å². The smallest absolute Gasteiger partial charge is 0.244 e. The van der Waals surface area contributed by atoms with Crippen LogP contribution in [0.25, 0.3) is 0 Å². The van der Waals surface area contributed by atoms with Crippen LogP contribution >= 0.6 is 46.4 Å². The number of nitrogens with one attached hydrogen (secondary N) is 1. The Balaban J connectivity index is 2.09. The molecule has 3 aromatic carbocycles. The van der Waals surface area contributed by atoms with Crippen molar-refractivity contribution in [2.75, 3.05) is 23.7 Å². The minimum atomic E-state index is -3.97. The van der Waals surface area contributed by atoms with Crippen LogP contribution in [0.5, 0.6) is 0 Å². The number of anilines is 1. The molecule has 0 radical (unpaired) electrons. The van der Waals surface area contributed by atoms with E-state index in [0.29, 0.717) is 33.6 Å². The second-order valence-electron chi connectivity index (χ2n) is 9.12. The average Bonchev–Trinajstić information content (AvgIpc) is 2.89. The van der Waals surface area contributed by atoms with Gasteiger partial charge in [0.15, 0.2) is 0 Å². The van der Waals surface area contributed by atoms with Gasteiger partial charge in [0.25, 0.3) is 0 Å². The molecule has 1 atom stereocenters. The predicted molar refractivity (Wildman–Crippen MR) is 163 cm³/mol. The normalized spacial score (nSPS) is 12.1. The van der Waals surface area contributed by atoms with Gasteiger partial charge in [0, 0.05) is 34.6 Å². The lowest BCUT2D eigenvalue weighted by Crippen LogP contribution is -2.53. The summed E-state index contributed by atoms with van der Waals surface area (Å²) in [6, 6.07) is 17.4. The quantitative estimate of drug-likeness (QED) is 0.253. The molecule has 0 aliphatic carbocycles. The van der Waals surface area contributed by atoms with Crippen LogP contribution < -0.4 is 9.62 Å². The van der Waals surface area contributed by atoms with Crippen LogP contribution in [0.2, 0.25) is 20.1 Å². The van der Waals surface area contributed by atoms with Crippen LogP contribution in [0.4, 0.5) is 5.69 Å². The van der Waals surface area contributed by atoms with Crippen molar-refractivity contribution in [1.29, 1.82) is 0 Å². The van der Waals surface area contributed by atoms with Crippen LogP contribution in [0.1, 0.15) is 24.5 Å². The van der Waals surface area contributed by atoms with Crippen LogP contribution in [0, 0.1) is 0 Å². The molecular formula is C28H29Cl4N3O4S. The number of carbonyl (C=O) groups excluding carboxylic acids is 2. The van der Waals surface area contributed by atoms with E-state index >= 15 is 0 Å². The molecule has 1 N–H and O–H groups in total. The highest BCUT2D eigenvalue weighted by atomic mass is 35.5. The number of carbonyl (C=O) groups is 2. The number of hydrogen-bond donors (Lipinski definition) is 1. The van der Waals surface area contributed by atoms with Crippen molar-refractivity contribution in [3.8, 4) is 0 Å². The third kappa shape index (κ3) is 8.75. The van der Waals surface area contributed by atoms with E-state index in [-0.39, 0.29) is 29.6 Å².